The van der Waals surface area contributed by atoms with Crippen LogP contribution in [-0.2, 0) is 9.53 Å². The van der Waals surface area contributed by atoms with E-state index in [-0.39, 0.29) is 12.2 Å². The first-order chi connectivity index (χ1) is 19.4. The zero-order chi connectivity index (χ0) is 28.0. The number of hydrogen-bond acceptors (Lipinski definition) is 6. The molecule has 200 valence electrons. The Bertz CT molecular complexity index is 2010. The molecule has 1 aliphatic rings. The second-order valence-electron chi connectivity index (χ2n) is 9.20. The van der Waals surface area contributed by atoms with E-state index in [2.05, 4.69) is 4.99 Å². The highest BCUT2D eigenvalue weighted by molar-refractivity contribution is 7.07. The summed E-state index contributed by atoms with van der Waals surface area (Å²) >= 11 is 13.5. The number of esters is 1. The third-order valence-corrected chi connectivity index (χ3v) is 8.46. The average molecular weight is 590 g/mol. The van der Waals surface area contributed by atoms with Crippen molar-refractivity contribution in [2.45, 2.75) is 19.9 Å². The van der Waals surface area contributed by atoms with E-state index in [0.29, 0.717) is 42.2 Å². The smallest absolute Gasteiger partial charge is 0.338 e. The number of fused-ring (bicyclic) bond motifs is 2. The van der Waals surface area contributed by atoms with Gasteiger partial charge in [0, 0.05) is 11.6 Å². The Kier molecular flexibility index (Phi) is 6.96. The minimum Gasteiger partial charge on any atom is -0.463 e. The minimum absolute atomic E-state index is 0.210. The van der Waals surface area contributed by atoms with Gasteiger partial charge in [0.2, 0.25) is 0 Å². The van der Waals surface area contributed by atoms with Crippen molar-refractivity contribution in [3.05, 3.63) is 125 Å². The predicted octanol–water partition coefficient (Wildman–Crippen LogP) is 6.52. The maximum Gasteiger partial charge on any atom is 0.338 e. The van der Waals surface area contributed by atoms with Gasteiger partial charge in [-0.1, -0.05) is 77.0 Å². The first-order valence-electron chi connectivity index (χ1n) is 12.6. The normalized spacial score (nSPS) is 15.3. The van der Waals surface area contributed by atoms with Crippen molar-refractivity contribution in [3.8, 4) is 11.3 Å². The molecule has 0 fully saturated rings. The Labute approximate surface area is 243 Å². The summed E-state index contributed by atoms with van der Waals surface area (Å²) in [6.07, 6.45) is 1.69. The van der Waals surface area contributed by atoms with Crippen LogP contribution in [0.1, 0.15) is 31.2 Å². The highest BCUT2D eigenvalue weighted by Gasteiger charge is 2.34. The van der Waals surface area contributed by atoms with Gasteiger partial charge in [-0.3, -0.25) is 9.36 Å². The van der Waals surface area contributed by atoms with Crippen molar-refractivity contribution in [3.63, 3.8) is 0 Å². The van der Waals surface area contributed by atoms with Crippen molar-refractivity contribution in [1.82, 2.24) is 4.57 Å². The largest absolute Gasteiger partial charge is 0.463 e. The SMILES string of the molecule is CCOC(=O)C1=C(C)N=c2s/c(=C/c3ccc(-c4ccc(Cl)c(Cl)c4)o3)c(=O)n2[C@H]1c1cccc2ccccc12. The van der Waals surface area contributed by atoms with Crippen LogP contribution in [0.5, 0.6) is 0 Å². The van der Waals surface area contributed by atoms with Crippen LogP contribution in [0.3, 0.4) is 0 Å². The van der Waals surface area contributed by atoms with Crippen molar-refractivity contribution in [2.75, 3.05) is 6.61 Å². The van der Waals surface area contributed by atoms with E-state index >= 15 is 0 Å². The number of carbonyl (C=O) groups is 1. The Morgan fingerprint density at radius 1 is 1.07 bits per heavy atom. The molecule has 0 radical (unpaired) electrons. The number of rotatable bonds is 5. The van der Waals surface area contributed by atoms with Gasteiger partial charge in [0.05, 0.1) is 38.5 Å². The number of ether oxygens (including phenoxy) is 1. The van der Waals surface area contributed by atoms with Gasteiger partial charge in [-0.25, -0.2) is 9.79 Å². The monoisotopic (exact) mass is 588 g/mol. The Hall–Kier alpha value is -3.91. The lowest BCUT2D eigenvalue weighted by molar-refractivity contribution is -0.139. The first-order valence-corrected chi connectivity index (χ1v) is 14.2. The summed E-state index contributed by atoms with van der Waals surface area (Å²) in [6.45, 7) is 3.74. The summed E-state index contributed by atoms with van der Waals surface area (Å²) < 4.78 is 13.5. The van der Waals surface area contributed by atoms with Gasteiger partial charge in [-0.15, -0.1) is 0 Å². The number of nitrogens with zero attached hydrogens (tertiary/aromatic N) is 2. The van der Waals surface area contributed by atoms with Crippen LogP contribution < -0.4 is 14.9 Å². The van der Waals surface area contributed by atoms with Gasteiger partial charge in [0.15, 0.2) is 4.80 Å². The van der Waals surface area contributed by atoms with E-state index in [1.54, 1.807) is 42.7 Å². The molecule has 6 nitrogen and oxygen atoms in total. The molecule has 1 atom stereocenters. The van der Waals surface area contributed by atoms with E-state index in [9.17, 15) is 9.59 Å². The van der Waals surface area contributed by atoms with Gasteiger partial charge >= 0.3 is 5.97 Å². The zero-order valence-electron chi connectivity index (χ0n) is 21.5. The molecule has 1 aliphatic heterocycles. The molecule has 6 rings (SSSR count). The fourth-order valence-corrected chi connectivity index (χ4v) is 6.26. The quantitative estimate of drug-likeness (QED) is 0.219. The van der Waals surface area contributed by atoms with Crippen LogP contribution in [0.15, 0.2) is 98.3 Å². The molecule has 0 N–H and O–H groups in total. The lowest BCUT2D eigenvalue weighted by atomic mass is 9.91. The maximum atomic E-state index is 14.0. The third-order valence-electron chi connectivity index (χ3n) is 6.74. The number of thiazole rings is 1. The van der Waals surface area contributed by atoms with Gasteiger partial charge in [0.1, 0.15) is 11.5 Å². The zero-order valence-corrected chi connectivity index (χ0v) is 23.8. The Morgan fingerprint density at radius 3 is 2.67 bits per heavy atom. The van der Waals surface area contributed by atoms with Gasteiger partial charge in [0.25, 0.3) is 5.56 Å². The van der Waals surface area contributed by atoms with Crippen LogP contribution >= 0.6 is 34.5 Å². The number of halogens is 2. The molecule has 40 heavy (non-hydrogen) atoms. The number of benzene rings is 3. The molecule has 2 aromatic heterocycles. The minimum atomic E-state index is -0.702. The number of allylic oxidation sites excluding steroid dienone is 1. The lowest BCUT2D eigenvalue weighted by Crippen LogP contribution is -2.40. The number of aromatic nitrogens is 1. The molecule has 0 spiro atoms. The highest BCUT2D eigenvalue weighted by Crippen LogP contribution is 2.35. The predicted molar refractivity (Wildman–Crippen MR) is 159 cm³/mol. The molecule has 3 aromatic carbocycles. The van der Waals surface area contributed by atoms with Crippen molar-refractivity contribution in [1.29, 1.82) is 0 Å². The summed E-state index contributed by atoms with van der Waals surface area (Å²) in [5.74, 6) is 0.592. The summed E-state index contributed by atoms with van der Waals surface area (Å²) in [7, 11) is 0. The van der Waals surface area contributed by atoms with Crippen LogP contribution in [-0.4, -0.2) is 17.1 Å². The van der Waals surface area contributed by atoms with Crippen molar-refractivity contribution < 1.29 is 13.9 Å². The first kappa shape index (κ1) is 26.3. The van der Waals surface area contributed by atoms with E-state index in [1.807, 2.05) is 54.6 Å². The number of furan rings is 1. The van der Waals surface area contributed by atoms with Gasteiger partial charge in [-0.05, 0) is 60.5 Å². The molecule has 3 heterocycles. The van der Waals surface area contributed by atoms with Crippen molar-refractivity contribution >= 4 is 57.4 Å². The highest BCUT2D eigenvalue weighted by atomic mass is 35.5. The molecule has 0 unspecified atom stereocenters. The van der Waals surface area contributed by atoms with Gasteiger partial charge in [-0.2, -0.15) is 0 Å². The molecule has 5 aromatic rings. The van der Waals surface area contributed by atoms with Crippen LogP contribution in [0.25, 0.3) is 28.2 Å². The summed E-state index contributed by atoms with van der Waals surface area (Å²) in [4.78, 5) is 32.4. The number of hydrogen-bond donors (Lipinski definition) is 0. The molecular weight excluding hydrogens is 567 g/mol. The second-order valence-corrected chi connectivity index (χ2v) is 11.0. The summed E-state index contributed by atoms with van der Waals surface area (Å²) in [5.41, 5.74) is 2.17. The summed E-state index contributed by atoms with van der Waals surface area (Å²) in [6, 6.07) is 21.9. The van der Waals surface area contributed by atoms with Crippen molar-refractivity contribution in [2.24, 2.45) is 4.99 Å². The van der Waals surface area contributed by atoms with E-state index < -0.39 is 12.0 Å². The molecule has 0 bridgehead atoms. The molecule has 0 saturated carbocycles. The Morgan fingerprint density at radius 2 is 1.88 bits per heavy atom. The fraction of sp³-hybridized carbons (Fsp3) is 0.129. The fourth-order valence-electron chi connectivity index (χ4n) is 4.94. The molecular formula is C31H22Cl2N2O4S. The van der Waals surface area contributed by atoms with E-state index in [1.165, 1.54) is 11.3 Å². The van der Waals surface area contributed by atoms with Crippen LogP contribution in [0, 0.1) is 0 Å². The second kappa shape index (κ2) is 10.6. The van der Waals surface area contributed by atoms with Gasteiger partial charge < -0.3 is 9.15 Å². The molecule has 9 heteroatoms. The standard InChI is InChI=1S/C31H22Cl2N2O4S/c1-3-38-30(37)27-17(2)34-31-35(28(27)22-10-6-8-18-7-4-5-9-21(18)22)29(36)26(40-31)16-20-12-14-25(39-20)19-11-13-23(32)24(33)15-19/h4-16,28H,3H2,1-2H3/b26-16+/t28-/m0/s1. The lowest BCUT2D eigenvalue weighted by Gasteiger charge is -2.25. The third kappa shape index (κ3) is 4.60. The van der Waals surface area contributed by atoms with Crippen LogP contribution in [0.2, 0.25) is 10.0 Å². The molecule has 0 aliphatic carbocycles. The number of carbonyl (C=O) groups excluding carboxylic acids is 1. The maximum absolute atomic E-state index is 14.0. The molecule has 0 amide bonds. The summed E-state index contributed by atoms with van der Waals surface area (Å²) in [5, 5.41) is 2.83. The Balaban J connectivity index is 1.52. The topological polar surface area (TPSA) is 73.8 Å². The van der Waals surface area contributed by atoms with E-state index in [0.717, 1.165) is 21.9 Å². The average Bonchev–Trinajstić information content (AvgIpc) is 3.53. The van der Waals surface area contributed by atoms with Crippen LogP contribution in [0.4, 0.5) is 0 Å². The molecule has 0 saturated heterocycles. The van der Waals surface area contributed by atoms with E-state index in [4.69, 9.17) is 32.4 Å².